The topological polar surface area (TPSA) is 88.0 Å². The van der Waals surface area contributed by atoms with Gasteiger partial charge in [-0.3, -0.25) is 4.79 Å². The minimum Gasteiger partial charge on any atom is -0.490 e. The number of hydrogen-bond donors (Lipinski definition) is 3. The van der Waals surface area contributed by atoms with E-state index < -0.39 is 12.1 Å². The van der Waals surface area contributed by atoms with Crippen molar-refractivity contribution in [3.63, 3.8) is 0 Å². The summed E-state index contributed by atoms with van der Waals surface area (Å²) < 4.78 is 11.0. The number of carbonyl (C=O) groups is 1. The number of carboxylic acids is 1. The highest BCUT2D eigenvalue weighted by atomic mass is 16.5. The quantitative estimate of drug-likeness (QED) is 0.568. The second-order valence-electron chi connectivity index (χ2n) is 4.45. The monoisotopic (exact) mass is 297 g/mol. The van der Waals surface area contributed by atoms with Crippen molar-refractivity contribution in [3.05, 3.63) is 23.8 Å². The van der Waals surface area contributed by atoms with E-state index in [-0.39, 0.29) is 6.54 Å². The SMILES string of the molecule is CCOc1ccc(C(O)CCNCC(=O)O)cc1OCC. The van der Waals surface area contributed by atoms with Gasteiger partial charge in [0.25, 0.3) is 0 Å². The number of aliphatic carboxylic acids is 1. The molecule has 0 saturated heterocycles. The van der Waals surface area contributed by atoms with E-state index in [1.807, 2.05) is 13.8 Å². The number of nitrogens with one attached hydrogen (secondary N) is 1. The van der Waals surface area contributed by atoms with Gasteiger partial charge in [-0.2, -0.15) is 0 Å². The molecule has 1 aromatic carbocycles. The minimum absolute atomic E-state index is 0.111. The van der Waals surface area contributed by atoms with Crippen molar-refractivity contribution >= 4 is 5.97 Å². The summed E-state index contributed by atoms with van der Waals surface area (Å²) in [5, 5.41) is 21.4. The van der Waals surface area contributed by atoms with Gasteiger partial charge in [-0.15, -0.1) is 0 Å². The van der Waals surface area contributed by atoms with Crippen LogP contribution < -0.4 is 14.8 Å². The Hall–Kier alpha value is -1.79. The summed E-state index contributed by atoms with van der Waals surface area (Å²) in [7, 11) is 0. The van der Waals surface area contributed by atoms with Crippen LogP contribution in [0, 0.1) is 0 Å². The second-order valence-corrected chi connectivity index (χ2v) is 4.45. The molecule has 118 valence electrons. The smallest absolute Gasteiger partial charge is 0.317 e. The second kappa shape index (κ2) is 9.20. The Labute approximate surface area is 124 Å². The van der Waals surface area contributed by atoms with Gasteiger partial charge in [-0.25, -0.2) is 0 Å². The average Bonchev–Trinajstić information content (AvgIpc) is 2.45. The Morgan fingerprint density at radius 2 is 1.90 bits per heavy atom. The summed E-state index contributed by atoms with van der Waals surface area (Å²) in [5.74, 6) is 0.345. The predicted molar refractivity (Wildman–Crippen MR) is 78.9 cm³/mol. The molecule has 0 saturated carbocycles. The molecular formula is C15H23NO5. The molecule has 0 fully saturated rings. The molecule has 1 unspecified atom stereocenters. The van der Waals surface area contributed by atoms with Gasteiger partial charge in [0.2, 0.25) is 0 Å². The van der Waals surface area contributed by atoms with Crippen LogP contribution >= 0.6 is 0 Å². The van der Waals surface area contributed by atoms with Gasteiger partial charge in [0.1, 0.15) is 0 Å². The zero-order valence-corrected chi connectivity index (χ0v) is 12.5. The molecule has 0 aliphatic carbocycles. The first-order valence-electron chi connectivity index (χ1n) is 7.08. The third kappa shape index (κ3) is 6.01. The van der Waals surface area contributed by atoms with Crippen LogP contribution in [0.2, 0.25) is 0 Å². The third-order valence-corrected chi connectivity index (χ3v) is 2.82. The number of ether oxygens (including phenoxy) is 2. The Bertz CT molecular complexity index is 450. The Balaban J connectivity index is 2.64. The van der Waals surface area contributed by atoms with Crippen LogP contribution in [-0.4, -0.2) is 42.5 Å². The van der Waals surface area contributed by atoms with Crippen LogP contribution in [0.4, 0.5) is 0 Å². The Morgan fingerprint density at radius 3 is 2.52 bits per heavy atom. The third-order valence-electron chi connectivity index (χ3n) is 2.82. The van der Waals surface area contributed by atoms with Gasteiger partial charge in [-0.05, 0) is 44.5 Å². The lowest BCUT2D eigenvalue weighted by atomic mass is 10.1. The van der Waals surface area contributed by atoms with E-state index in [1.54, 1.807) is 18.2 Å². The molecule has 3 N–H and O–H groups in total. The fourth-order valence-corrected chi connectivity index (χ4v) is 1.88. The van der Waals surface area contributed by atoms with Crippen LogP contribution in [0.15, 0.2) is 18.2 Å². The number of benzene rings is 1. The Kier molecular flexibility index (Phi) is 7.56. The van der Waals surface area contributed by atoms with Gasteiger partial charge in [0, 0.05) is 0 Å². The molecule has 1 rings (SSSR count). The van der Waals surface area contributed by atoms with Crippen molar-refractivity contribution in [2.75, 3.05) is 26.3 Å². The van der Waals surface area contributed by atoms with Crippen molar-refractivity contribution < 1.29 is 24.5 Å². The summed E-state index contributed by atoms with van der Waals surface area (Å²) in [4.78, 5) is 10.4. The molecule has 0 heterocycles. The van der Waals surface area contributed by atoms with Gasteiger partial charge in [-0.1, -0.05) is 6.07 Å². The number of hydrogen-bond acceptors (Lipinski definition) is 5. The number of carboxylic acid groups (broad SMARTS) is 1. The highest BCUT2D eigenvalue weighted by Gasteiger charge is 2.12. The molecule has 21 heavy (non-hydrogen) atoms. The summed E-state index contributed by atoms with van der Waals surface area (Å²) >= 11 is 0. The molecule has 0 aliphatic heterocycles. The summed E-state index contributed by atoms with van der Waals surface area (Å²) in [6.07, 6.45) is -0.256. The molecule has 0 aromatic heterocycles. The average molecular weight is 297 g/mol. The first-order valence-corrected chi connectivity index (χ1v) is 7.08. The maximum absolute atomic E-state index is 10.4. The van der Waals surface area contributed by atoms with E-state index in [2.05, 4.69) is 5.32 Å². The molecule has 1 atom stereocenters. The van der Waals surface area contributed by atoms with E-state index in [4.69, 9.17) is 14.6 Å². The molecule has 0 bridgehead atoms. The van der Waals surface area contributed by atoms with Crippen LogP contribution in [0.5, 0.6) is 11.5 Å². The fourth-order valence-electron chi connectivity index (χ4n) is 1.88. The molecule has 1 aromatic rings. The van der Waals surface area contributed by atoms with Crippen LogP contribution in [-0.2, 0) is 4.79 Å². The van der Waals surface area contributed by atoms with Crippen molar-refractivity contribution in [1.82, 2.24) is 5.32 Å². The first-order chi connectivity index (χ1) is 10.1. The summed E-state index contributed by atoms with van der Waals surface area (Å²) in [5.41, 5.74) is 0.721. The number of aliphatic hydroxyl groups is 1. The molecule has 6 heteroatoms. The largest absolute Gasteiger partial charge is 0.490 e. The zero-order valence-electron chi connectivity index (χ0n) is 12.5. The van der Waals surface area contributed by atoms with E-state index in [9.17, 15) is 9.90 Å². The minimum atomic E-state index is -0.913. The fraction of sp³-hybridized carbons (Fsp3) is 0.533. The first kappa shape index (κ1) is 17.3. The van der Waals surface area contributed by atoms with Crippen molar-refractivity contribution in [2.24, 2.45) is 0 Å². The maximum Gasteiger partial charge on any atom is 0.317 e. The normalized spacial score (nSPS) is 12.0. The van der Waals surface area contributed by atoms with Gasteiger partial charge in [0.15, 0.2) is 11.5 Å². The van der Waals surface area contributed by atoms with E-state index in [1.165, 1.54) is 0 Å². The standard InChI is InChI=1S/C15H23NO5/c1-3-20-13-6-5-11(9-14(13)21-4-2)12(17)7-8-16-10-15(18)19/h5-6,9,12,16-17H,3-4,7-8,10H2,1-2H3,(H,18,19). The van der Waals surface area contributed by atoms with Gasteiger partial charge < -0.3 is 25.0 Å². The molecule has 0 amide bonds. The lowest BCUT2D eigenvalue weighted by Crippen LogP contribution is -2.24. The van der Waals surface area contributed by atoms with E-state index >= 15 is 0 Å². The molecule has 0 aliphatic rings. The number of rotatable bonds is 10. The van der Waals surface area contributed by atoms with Crippen LogP contribution in [0.1, 0.15) is 31.9 Å². The van der Waals surface area contributed by atoms with Crippen molar-refractivity contribution in [3.8, 4) is 11.5 Å². The highest BCUT2D eigenvalue weighted by molar-refractivity contribution is 5.68. The van der Waals surface area contributed by atoms with Crippen LogP contribution in [0.3, 0.4) is 0 Å². The van der Waals surface area contributed by atoms with Gasteiger partial charge in [0.05, 0.1) is 25.9 Å². The van der Waals surface area contributed by atoms with E-state index in [0.29, 0.717) is 37.7 Å². The van der Waals surface area contributed by atoms with Crippen molar-refractivity contribution in [2.45, 2.75) is 26.4 Å². The zero-order chi connectivity index (χ0) is 15.7. The highest BCUT2D eigenvalue weighted by Crippen LogP contribution is 2.31. The molecule has 0 spiro atoms. The van der Waals surface area contributed by atoms with Gasteiger partial charge >= 0.3 is 5.97 Å². The van der Waals surface area contributed by atoms with Crippen LogP contribution in [0.25, 0.3) is 0 Å². The van der Waals surface area contributed by atoms with E-state index in [0.717, 1.165) is 5.56 Å². The van der Waals surface area contributed by atoms with Crippen molar-refractivity contribution in [1.29, 1.82) is 0 Å². The predicted octanol–water partition coefficient (Wildman–Crippen LogP) is 1.58. The molecule has 0 radical (unpaired) electrons. The summed E-state index contributed by atoms with van der Waals surface area (Å²) in [6.45, 7) is 5.15. The lowest BCUT2D eigenvalue weighted by molar-refractivity contribution is -0.135. The molecule has 6 nitrogen and oxygen atoms in total. The molecular weight excluding hydrogens is 274 g/mol. The lowest BCUT2D eigenvalue weighted by Gasteiger charge is -2.15. The maximum atomic E-state index is 10.4. The summed E-state index contributed by atoms with van der Waals surface area (Å²) in [6, 6.07) is 5.32. The Morgan fingerprint density at radius 1 is 1.24 bits per heavy atom. The number of aliphatic hydroxyl groups excluding tert-OH is 1.